The summed E-state index contributed by atoms with van der Waals surface area (Å²) in [7, 11) is -1.91. The van der Waals surface area contributed by atoms with Gasteiger partial charge < -0.3 is 14.5 Å². The molecule has 0 atom stereocenters. The Morgan fingerprint density at radius 1 is 1.29 bits per heavy atom. The van der Waals surface area contributed by atoms with Crippen LogP contribution in [-0.4, -0.2) is 36.3 Å². The van der Waals surface area contributed by atoms with Crippen molar-refractivity contribution in [3.05, 3.63) is 30.0 Å². The summed E-state index contributed by atoms with van der Waals surface area (Å²) in [4.78, 5) is 11.2. The Morgan fingerprint density at radius 3 is 2.43 bits per heavy atom. The number of carboxylic acid groups (broad SMARTS) is 1. The van der Waals surface area contributed by atoms with Crippen molar-refractivity contribution in [2.24, 2.45) is 7.05 Å². The highest BCUT2D eigenvalue weighted by Gasteiger charge is 2.22. The lowest BCUT2D eigenvalue weighted by Gasteiger charge is -2.18. The molecule has 0 radical (unpaired) electrons. The highest BCUT2D eigenvalue weighted by Crippen LogP contribution is 2.25. The summed E-state index contributed by atoms with van der Waals surface area (Å²) in [6, 6.07) is 4.50. The van der Waals surface area contributed by atoms with E-state index in [1.807, 2.05) is 0 Å². The molecule has 2 rings (SSSR count). The molecule has 0 spiro atoms. The number of hydrogen-bond acceptors (Lipinski definition) is 4. The zero-order chi connectivity index (χ0) is 15.8. The van der Waals surface area contributed by atoms with Crippen molar-refractivity contribution in [2.45, 2.75) is 18.7 Å². The second kappa shape index (κ2) is 5.50. The normalized spacial score (nSPS) is 12.2. The first-order valence-corrected chi connectivity index (χ1v) is 8.07. The van der Waals surface area contributed by atoms with Crippen molar-refractivity contribution in [1.82, 2.24) is 8.87 Å². The Morgan fingerprint density at radius 2 is 1.90 bits per heavy atom. The predicted octanol–water partition coefficient (Wildman–Crippen LogP) is 0.572. The molecule has 1 heterocycles. The van der Waals surface area contributed by atoms with E-state index >= 15 is 0 Å². The number of sulfonamides is 1. The first-order valence-electron chi connectivity index (χ1n) is 6.63. The fourth-order valence-corrected chi connectivity index (χ4v) is 3.89. The average molecular weight is 309 g/mol. The van der Waals surface area contributed by atoms with Crippen molar-refractivity contribution in [1.29, 1.82) is 0 Å². The van der Waals surface area contributed by atoms with Gasteiger partial charge >= 0.3 is 0 Å². The number of carbonyl (C=O) groups excluding carboxylic acids is 1. The molecule has 1 aromatic heterocycles. The Balaban J connectivity index is 2.68. The van der Waals surface area contributed by atoms with Gasteiger partial charge in [-0.1, -0.05) is 13.8 Å². The number of carboxylic acids is 1. The Hall–Kier alpha value is -1.86. The van der Waals surface area contributed by atoms with E-state index in [9.17, 15) is 18.3 Å². The summed E-state index contributed by atoms with van der Waals surface area (Å²) < 4.78 is 27.9. The number of hydrogen-bond donors (Lipinski definition) is 0. The fraction of sp³-hybridized carbons (Fsp3) is 0.357. The monoisotopic (exact) mass is 309 g/mol. The standard InChI is InChI=1S/C14H18N2O4S/c1-4-16(5-2)21(19,20)10-6-7-13-11(8-10)12(14(17)18)9-15(13)3/h6-9H,4-5H2,1-3H3,(H,17,18)/p-1. The lowest BCUT2D eigenvalue weighted by Crippen LogP contribution is -2.30. The van der Waals surface area contributed by atoms with E-state index in [1.54, 1.807) is 31.5 Å². The minimum Gasteiger partial charge on any atom is -0.545 e. The third-order valence-corrected chi connectivity index (χ3v) is 5.57. The molecule has 1 aromatic carbocycles. The van der Waals surface area contributed by atoms with Crippen LogP contribution in [-0.2, 0) is 17.1 Å². The van der Waals surface area contributed by atoms with Gasteiger partial charge in [-0.3, -0.25) is 0 Å². The van der Waals surface area contributed by atoms with E-state index in [0.29, 0.717) is 24.0 Å². The zero-order valence-corrected chi connectivity index (χ0v) is 13.0. The van der Waals surface area contributed by atoms with Crippen molar-refractivity contribution in [3.8, 4) is 0 Å². The SMILES string of the molecule is CCN(CC)S(=O)(=O)c1ccc2c(c1)c(C(=O)[O-])cn2C. The molecule has 0 saturated heterocycles. The van der Waals surface area contributed by atoms with Crippen molar-refractivity contribution >= 4 is 26.9 Å². The summed E-state index contributed by atoms with van der Waals surface area (Å²) in [6.07, 6.45) is 1.42. The van der Waals surface area contributed by atoms with E-state index in [4.69, 9.17) is 0 Å². The first-order chi connectivity index (χ1) is 9.82. The molecule has 2 aromatic rings. The number of aromatic nitrogens is 1. The Labute approximate surface area is 123 Å². The predicted molar refractivity (Wildman–Crippen MR) is 77.4 cm³/mol. The molecule has 0 saturated carbocycles. The second-order valence-corrected chi connectivity index (χ2v) is 6.65. The van der Waals surface area contributed by atoms with E-state index in [2.05, 4.69) is 0 Å². The molecule has 0 unspecified atom stereocenters. The van der Waals surface area contributed by atoms with Crippen molar-refractivity contribution in [3.63, 3.8) is 0 Å². The largest absolute Gasteiger partial charge is 0.545 e. The van der Waals surface area contributed by atoms with Crippen LogP contribution in [0, 0.1) is 0 Å². The van der Waals surface area contributed by atoms with Crippen LogP contribution in [0.3, 0.4) is 0 Å². The number of rotatable bonds is 5. The molecule has 0 bridgehead atoms. The summed E-state index contributed by atoms with van der Waals surface area (Å²) >= 11 is 0. The van der Waals surface area contributed by atoms with Crippen LogP contribution in [0.5, 0.6) is 0 Å². The molecule has 0 aliphatic carbocycles. The maximum absolute atomic E-state index is 12.5. The number of aromatic carboxylic acids is 1. The lowest BCUT2D eigenvalue weighted by molar-refractivity contribution is -0.254. The fourth-order valence-electron chi connectivity index (χ4n) is 2.41. The van der Waals surface area contributed by atoms with Gasteiger partial charge in [0.2, 0.25) is 10.0 Å². The summed E-state index contributed by atoms with van der Waals surface area (Å²) in [5, 5.41) is 11.5. The number of benzene rings is 1. The first kappa shape index (κ1) is 15.5. The average Bonchev–Trinajstić information content (AvgIpc) is 2.77. The van der Waals surface area contributed by atoms with E-state index in [-0.39, 0.29) is 10.5 Å². The molecule has 0 N–H and O–H groups in total. The van der Waals surface area contributed by atoms with Crippen LogP contribution >= 0.6 is 0 Å². The molecule has 0 amide bonds. The zero-order valence-electron chi connectivity index (χ0n) is 12.2. The van der Waals surface area contributed by atoms with Gasteiger partial charge in [0.1, 0.15) is 0 Å². The molecule has 7 heteroatoms. The maximum Gasteiger partial charge on any atom is 0.243 e. The van der Waals surface area contributed by atoms with Gasteiger partial charge in [-0.15, -0.1) is 0 Å². The van der Waals surface area contributed by atoms with Gasteiger partial charge in [-0.25, -0.2) is 8.42 Å². The van der Waals surface area contributed by atoms with Crippen molar-refractivity contribution in [2.75, 3.05) is 13.1 Å². The molecule has 21 heavy (non-hydrogen) atoms. The molecular formula is C14H17N2O4S-. The summed E-state index contributed by atoms with van der Waals surface area (Å²) in [5.41, 5.74) is 0.636. The van der Waals surface area contributed by atoms with E-state index in [1.165, 1.54) is 22.6 Å². The van der Waals surface area contributed by atoms with Crippen LogP contribution < -0.4 is 5.11 Å². The van der Waals surface area contributed by atoms with E-state index in [0.717, 1.165) is 0 Å². The summed E-state index contributed by atoms with van der Waals surface area (Å²) in [5.74, 6) is -1.32. The quantitative estimate of drug-likeness (QED) is 0.808. The Kier molecular flexibility index (Phi) is 4.06. The smallest absolute Gasteiger partial charge is 0.243 e. The topological polar surface area (TPSA) is 82.4 Å². The van der Waals surface area contributed by atoms with Gasteiger partial charge in [0.15, 0.2) is 0 Å². The molecule has 0 fully saturated rings. The van der Waals surface area contributed by atoms with E-state index < -0.39 is 16.0 Å². The van der Waals surface area contributed by atoms with Gasteiger partial charge in [0.05, 0.1) is 10.9 Å². The molecule has 0 aliphatic rings. The number of nitrogens with zero attached hydrogens (tertiary/aromatic N) is 2. The lowest BCUT2D eigenvalue weighted by atomic mass is 10.2. The van der Waals surface area contributed by atoms with Crippen LogP contribution in [0.4, 0.5) is 0 Å². The number of fused-ring (bicyclic) bond motifs is 1. The summed E-state index contributed by atoms with van der Waals surface area (Å²) in [6.45, 7) is 4.24. The highest BCUT2D eigenvalue weighted by atomic mass is 32.2. The molecular weight excluding hydrogens is 292 g/mol. The third kappa shape index (κ3) is 2.54. The van der Waals surface area contributed by atoms with Crippen molar-refractivity contribution < 1.29 is 18.3 Å². The second-order valence-electron chi connectivity index (χ2n) is 4.71. The third-order valence-electron chi connectivity index (χ3n) is 3.52. The number of aryl methyl sites for hydroxylation is 1. The van der Waals surface area contributed by atoms with Crippen LogP contribution in [0.15, 0.2) is 29.3 Å². The van der Waals surface area contributed by atoms with Crippen LogP contribution in [0.1, 0.15) is 24.2 Å². The van der Waals surface area contributed by atoms with Gasteiger partial charge in [-0.05, 0) is 18.2 Å². The van der Waals surface area contributed by atoms with Gasteiger partial charge in [0, 0.05) is 42.8 Å². The minimum absolute atomic E-state index is 0.0101. The maximum atomic E-state index is 12.5. The van der Waals surface area contributed by atoms with Gasteiger partial charge in [0.25, 0.3) is 0 Å². The number of carbonyl (C=O) groups is 1. The Bertz CT molecular complexity index is 789. The van der Waals surface area contributed by atoms with Crippen LogP contribution in [0.2, 0.25) is 0 Å². The van der Waals surface area contributed by atoms with Gasteiger partial charge in [-0.2, -0.15) is 4.31 Å². The molecule has 6 nitrogen and oxygen atoms in total. The molecule has 0 aliphatic heterocycles. The minimum atomic E-state index is -3.62. The molecule has 114 valence electrons. The van der Waals surface area contributed by atoms with Crippen LogP contribution in [0.25, 0.3) is 10.9 Å². The highest BCUT2D eigenvalue weighted by molar-refractivity contribution is 7.89.